The van der Waals surface area contributed by atoms with Crippen molar-refractivity contribution < 1.29 is 14.3 Å². The van der Waals surface area contributed by atoms with Gasteiger partial charge in [0.1, 0.15) is 5.75 Å². The second kappa shape index (κ2) is 6.72. The van der Waals surface area contributed by atoms with Crippen LogP contribution in [0.25, 0.3) is 0 Å². The second-order valence-electron chi connectivity index (χ2n) is 5.42. The molecular weight excluding hydrogens is 268 g/mol. The Morgan fingerprint density at radius 1 is 1.29 bits per heavy atom. The number of benzene rings is 1. The van der Waals surface area contributed by atoms with Crippen molar-refractivity contribution in [3.63, 3.8) is 0 Å². The summed E-state index contributed by atoms with van der Waals surface area (Å²) < 4.78 is 5.09. The highest BCUT2D eigenvalue weighted by Gasteiger charge is 2.33. The number of carbonyl (C=O) groups is 2. The van der Waals surface area contributed by atoms with E-state index in [4.69, 9.17) is 10.5 Å². The number of hydrogen-bond donors (Lipinski definition) is 1. The molecule has 0 bridgehead atoms. The highest BCUT2D eigenvalue weighted by Crippen LogP contribution is 2.22. The topological polar surface area (TPSA) is 72.6 Å². The van der Waals surface area contributed by atoms with Crippen molar-refractivity contribution in [2.45, 2.75) is 38.3 Å². The third-order valence-corrected chi connectivity index (χ3v) is 4.12. The summed E-state index contributed by atoms with van der Waals surface area (Å²) in [5.74, 6) is 0.377. The van der Waals surface area contributed by atoms with Gasteiger partial charge in [-0.05, 0) is 50.6 Å². The van der Waals surface area contributed by atoms with Crippen LogP contribution in [0.5, 0.6) is 5.75 Å². The number of ketones is 1. The largest absolute Gasteiger partial charge is 0.497 e. The van der Waals surface area contributed by atoms with Gasteiger partial charge in [-0.15, -0.1) is 0 Å². The zero-order valence-corrected chi connectivity index (χ0v) is 12.5. The Bertz CT molecular complexity index is 513. The van der Waals surface area contributed by atoms with Crippen molar-refractivity contribution in [2.24, 2.45) is 5.73 Å². The molecule has 2 N–H and O–H groups in total. The van der Waals surface area contributed by atoms with Crippen molar-refractivity contribution in [1.29, 1.82) is 0 Å². The van der Waals surface area contributed by atoms with Crippen LogP contribution in [0, 0.1) is 0 Å². The molecule has 2 rings (SSSR count). The van der Waals surface area contributed by atoms with E-state index < -0.39 is 0 Å². The Kier molecular flexibility index (Phi) is 4.96. The van der Waals surface area contributed by atoms with Crippen molar-refractivity contribution >= 4 is 11.7 Å². The van der Waals surface area contributed by atoms with Crippen LogP contribution < -0.4 is 10.5 Å². The van der Waals surface area contributed by atoms with Gasteiger partial charge in [0.25, 0.3) is 0 Å². The summed E-state index contributed by atoms with van der Waals surface area (Å²) in [5.41, 5.74) is 6.09. The Labute approximate surface area is 125 Å². The summed E-state index contributed by atoms with van der Waals surface area (Å²) >= 11 is 0. The summed E-state index contributed by atoms with van der Waals surface area (Å²) in [5, 5.41) is 0. The lowest BCUT2D eigenvalue weighted by Gasteiger charge is -2.37. The molecule has 1 aromatic carbocycles. The number of rotatable bonds is 5. The molecule has 0 radical (unpaired) electrons. The van der Waals surface area contributed by atoms with E-state index in [1.165, 1.54) is 0 Å². The van der Waals surface area contributed by atoms with Crippen LogP contribution in [-0.4, -0.2) is 42.3 Å². The summed E-state index contributed by atoms with van der Waals surface area (Å²) in [4.78, 5) is 26.1. The lowest BCUT2D eigenvalue weighted by Crippen LogP contribution is -2.53. The molecule has 1 saturated heterocycles. The number of Topliss-reactive ketones (excluding diaryl/α,β-unsaturated/α-hetero) is 1. The number of piperidine rings is 1. The minimum absolute atomic E-state index is 0.00537. The lowest BCUT2D eigenvalue weighted by molar-refractivity contribution is -0.124. The Morgan fingerprint density at radius 2 is 1.95 bits per heavy atom. The minimum atomic E-state index is -0.351. The first-order valence-electron chi connectivity index (χ1n) is 7.28. The number of nitrogens with zero attached hydrogens (tertiary/aromatic N) is 1. The molecule has 1 aromatic rings. The quantitative estimate of drug-likeness (QED) is 0.836. The maximum atomic E-state index is 12.6. The summed E-state index contributed by atoms with van der Waals surface area (Å²) in [6, 6.07) is 6.35. The fraction of sp³-hybridized carbons (Fsp3) is 0.500. The zero-order chi connectivity index (χ0) is 15.4. The number of hydrogen-bond acceptors (Lipinski definition) is 4. The fourth-order valence-corrected chi connectivity index (χ4v) is 2.87. The average molecular weight is 290 g/mol. The van der Waals surface area contributed by atoms with Gasteiger partial charge in [-0.1, -0.05) is 6.42 Å². The van der Waals surface area contributed by atoms with Crippen LogP contribution in [0.15, 0.2) is 24.3 Å². The number of ether oxygens (including phenoxy) is 1. The maximum absolute atomic E-state index is 12.6. The maximum Gasteiger partial charge on any atom is 0.234 e. The van der Waals surface area contributed by atoms with E-state index in [1.807, 2.05) is 11.8 Å². The zero-order valence-electron chi connectivity index (χ0n) is 12.5. The Hall–Kier alpha value is -1.88. The van der Waals surface area contributed by atoms with E-state index >= 15 is 0 Å². The summed E-state index contributed by atoms with van der Waals surface area (Å²) in [7, 11) is 1.59. The predicted molar refractivity (Wildman–Crippen MR) is 80.3 cm³/mol. The Morgan fingerprint density at radius 3 is 2.52 bits per heavy atom. The molecule has 1 amide bonds. The highest BCUT2D eigenvalue weighted by atomic mass is 16.5. The van der Waals surface area contributed by atoms with Crippen molar-refractivity contribution in [3.05, 3.63) is 29.8 Å². The molecular formula is C16H22N2O3. The van der Waals surface area contributed by atoms with Gasteiger partial charge in [0, 0.05) is 5.56 Å². The molecule has 5 nitrogen and oxygen atoms in total. The highest BCUT2D eigenvalue weighted by molar-refractivity contribution is 6.00. The van der Waals surface area contributed by atoms with Gasteiger partial charge in [0.15, 0.2) is 5.78 Å². The van der Waals surface area contributed by atoms with Gasteiger partial charge in [0.05, 0.1) is 19.2 Å². The number of carbonyl (C=O) groups excluding carboxylic acids is 2. The third kappa shape index (κ3) is 3.42. The van der Waals surface area contributed by atoms with E-state index in [2.05, 4.69) is 0 Å². The van der Waals surface area contributed by atoms with Crippen LogP contribution in [-0.2, 0) is 4.79 Å². The van der Waals surface area contributed by atoms with Gasteiger partial charge in [-0.3, -0.25) is 14.5 Å². The van der Waals surface area contributed by atoms with Crippen molar-refractivity contribution in [1.82, 2.24) is 4.90 Å². The first-order chi connectivity index (χ1) is 10.0. The normalized spacial score (nSPS) is 20.8. The number of likely N-dealkylation sites (tertiary alicyclic amines) is 1. The number of nitrogens with two attached hydrogens (primary N) is 1. The van der Waals surface area contributed by atoms with Gasteiger partial charge in [0.2, 0.25) is 5.91 Å². The molecule has 2 atom stereocenters. The predicted octanol–water partition coefficient (Wildman–Crippen LogP) is 1.61. The van der Waals surface area contributed by atoms with E-state index in [1.54, 1.807) is 31.4 Å². The molecule has 21 heavy (non-hydrogen) atoms. The molecule has 1 fully saturated rings. The lowest BCUT2D eigenvalue weighted by atomic mass is 9.96. The molecule has 1 aliphatic rings. The van der Waals surface area contributed by atoms with Crippen LogP contribution in [0.3, 0.4) is 0 Å². The molecule has 5 heteroatoms. The Balaban J connectivity index is 2.14. The van der Waals surface area contributed by atoms with Crippen LogP contribution in [0.1, 0.15) is 36.5 Å². The smallest absolute Gasteiger partial charge is 0.234 e. The third-order valence-electron chi connectivity index (χ3n) is 4.12. The van der Waals surface area contributed by atoms with Crippen LogP contribution >= 0.6 is 0 Å². The molecule has 1 heterocycles. The van der Waals surface area contributed by atoms with Crippen molar-refractivity contribution in [3.8, 4) is 5.75 Å². The average Bonchev–Trinajstić information content (AvgIpc) is 2.53. The molecule has 0 spiro atoms. The molecule has 0 saturated carbocycles. The standard InChI is InChI=1S/C16H22N2O3/c1-11(18-10-4-3-5-14(18)16(17)20)15(19)12-6-8-13(21-2)9-7-12/h6-9,11,14H,3-5,10H2,1-2H3,(H2,17,20). The van der Waals surface area contributed by atoms with E-state index in [0.717, 1.165) is 25.8 Å². The van der Waals surface area contributed by atoms with E-state index in [0.29, 0.717) is 11.3 Å². The first kappa shape index (κ1) is 15.5. The van der Waals surface area contributed by atoms with E-state index in [9.17, 15) is 9.59 Å². The second-order valence-corrected chi connectivity index (χ2v) is 5.42. The molecule has 1 aliphatic heterocycles. The SMILES string of the molecule is COc1ccc(C(=O)C(C)N2CCCCC2C(N)=O)cc1. The first-order valence-corrected chi connectivity index (χ1v) is 7.28. The number of amides is 1. The summed E-state index contributed by atoms with van der Waals surface area (Å²) in [6.07, 6.45) is 2.70. The fourth-order valence-electron chi connectivity index (χ4n) is 2.87. The van der Waals surface area contributed by atoms with Gasteiger partial charge in [-0.2, -0.15) is 0 Å². The van der Waals surface area contributed by atoms with Crippen LogP contribution in [0.4, 0.5) is 0 Å². The monoisotopic (exact) mass is 290 g/mol. The van der Waals surface area contributed by atoms with Gasteiger partial charge < -0.3 is 10.5 Å². The van der Waals surface area contributed by atoms with E-state index in [-0.39, 0.29) is 23.8 Å². The molecule has 0 aliphatic carbocycles. The summed E-state index contributed by atoms with van der Waals surface area (Å²) in [6.45, 7) is 2.57. The number of methoxy groups -OCH3 is 1. The van der Waals surface area contributed by atoms with Gasteiger partial charge in [-0.25, -0.2) is 0 Å². The molecule has 0 aromatic heterocycles. The molecule has 2 unspecified atom stereocenters. The minimum Gasteiger partial charge on any atom is -0.497 e. The molecule has 114 valence electrons. The van der Waals surface area contributed by atoms with Crippen molar-refractivity contribution in [2.75, 3.05) is 13.7 Å². The number of primary amides is 1. The van der Waals surface area contributed by atoms with Gasteiger partial charge >= 0.3 is 0 Å². The van der Waals surface area contributed by atoms with Crippen LogP contribution in [0.2, 0.25) is 0 Å².